The van der Waals surface area contributed by atoms with Gasteiger partial charge in [-0.15, -0.1) is 11.3 Å². The highest BCUT2D eigenvalue weighted by atomic mass is 32.1. The number of halogens is 2. The summed E-state index contributed by atoms with van der Waals surface area (Å²) in [6, 6.07) is 3.79. The quantitative estimate of drug-likeness (QED) is 0.722. The molecule has 3 aromatic rings. The fourth-order valence-corrected chi connectivity index (χ4v) is 2.55. The van der Waals surface area contributed by atoms with E-state index in [-0.39, 0.29) is 0 Å². The molecule has 0 saturated carbocycles. The molecule has 3 rings (SSSR count). The van der Waals surface area contributed by atoms with Crippen molar-refractivity contribution in [2.75, 3.05) is 5.73 Å². The Kier molecular flexibility index (Phi) is 2.12. The fraction of sp³-hybridized carbons (Fsp3) is 0. The van der Waals surface area contributed by atoms with Gasteiger partial charge >= 0.3 is 0 Å². The number of thiazole rings is 1. The van der Waals surface area contributed by atoms with E-state index in [0.29, 0.717) is 11.4 Å². The van der Waals surface area contributed by atoms with Crippen molar-refractivity contribution in [3.63, 3.8) is 0 Å². The Hall–Kier alpha value is -1.95. The first-order valence-corrected chi connectivity index (χ1v) is 5.70. The van der Waals surface area contributed by atoms with E-state index < -0.39 is 11.6 Å². The van der Waals surface area contributed by atoms with E-state index in [1.807, 2.05) is 5.38 Å². The van der Waals surface area contributed by atoms with Crippen molar-refractivity contribution in [2.24, 2.45) is 0 Å². The molecule has 17 heavy (non-hydrogen) atoms. The molecule has 0 atom stereocenters. The molecule has 86 valence electrons. The number of anilines is 1. The Morgan fingerprint density at radius 2 is 2.06 bits per heavy atom. The third-order valence-electron chi connectivity index (χ3n) is 2.44. The van der Waals surface area contributed by atoms with Gasteiger partial charge in [-0.05, 0) is 18.2 Å². The van der Waals surface area contributed by atoms with Crippen LogP contribution in [0, 0.1) is 11.6 Å². The van der Waals surface area contributed by atoms with E-state index >= 15 is 0 Å². The van der Waals surface area contributed by atoms with Crippen LogP contribution < -0.4 is 5.73 Å². The lowest BCUT2D eigenvalue weighted by atomic mass is 10.1. The summed E-state index contributed by atoms with van der Waals surface area (Å²) in [6.45, 7) is 0. The van der Waals surface area contributed by atoms with E-state index in [1.54, 1.807) is 10.6 Å². The van der Waals surface area contributed by atoms with Gasteiger partial charge in [-0.3, -0.25) is 4.40 Å². The molecule has 0 fully saturated rings. The molecule has 0 aliphatic carbocycles. The maximum atomic E-state index is 13.2. The monoisotopic (exact) mass is 251 g/mol. The molecule has 3 nitrogen and oxygen atoms in total. The minimum Gasteiger partial charge on any atom is -0.382 e. The molecule has 0 unspecified atom stereocenters. The smallest absolute Gasteiger partial charge is 0.196 e. The predicted molar refractivity (Wildman–Crippen MR) is 62.8 cm³/mol. The number of benzene rings is 1. The van der Waals surface area contributed by atoms with Gasteiger partial charge in [0.25, 0.3) is 0 Å². The summed E-state index contributed by atoms with van der Waals surface area (Å²) in [5.41, 5.74) is 6.91. The average molecular weight is 251 g/mol. The average Bonchev–Trinajstić information content (AvgIpc) is 2.81. The lowest BCUT2D eigenvalue weighted by molar-refractivity contribution is 0.509. The lowest BCUT2D eigenvalue weighted by Crippen LogP contribution is -1.88. The number of imidazole rings is 1. The largest absolute Gasteiger partial charge is 0.382 e. The molecule has 0 aliphatic heterocycles. The molecule has 2 heterocycles. The van der Waals surface area contributed by atoms with Crippen LogP contribution in [-0.2, 0) is 0 Å². The van der Waals surface area contributed by atoms with Crippen molar-refractivity contribution in [3.8, 4) is 11.3 Å². The molecule has 0 saturated heterocycles. The van der Waals surface area contributed by atoms with Crippen LogP contribution in [-0.4, -0.2) is 9.38 Å². The van der Waals surface area contributed by atoms with Gasteiger partial charge in [0, 0.05) is 10.9 Å². The van der Waals surface area contributed by atoms with Gasteiger partial charge < -0.3 is 5.73 Å². The van der Waals surface area contributed by atoms with E-state index in [0.717, 1.165) is 22.8 Å². The molecule has 0 spiro atoms. The normalized spacial score (nSPS) is 11.2. The maximum Gasteiger partial charge on any atom is 0.196 e. The van der Waals surface area contributed by atoms with Gasteiger partial charge in [-0.2, -0.15) is 0 Å². The van der Waals surface area contributed by atoms with Crippen LogP contribution >= 0.6 is 11.3 Å². The molecule has 0 amide bonds. The van der Waals surface area contributed by atoms with Crippen molar-refractivity contribution in [1.82, 2.24) is 9.38 Å². The molecule has 1 aromatic carbocycles. The topological polar surface area (TPSA) is 43.3 Å². The summed E-state index contributed by atoms with van der Waals surface area (Å²) >= 11 is 1.40. The van der Waals surface area contributed by atoms with Crippen LogP contribution in [0.15, 0.2) is 29.8 Å². The van der Waals surface area contributed by atoms with Crippen molar-refractivity contribution >= 4 is 22.1 Å². The van der Waals surface area contributed by atoms with Crippen LogP contribution in [0.25, 0.3) is 16.2 Å². The third-order valence-corrected chi connectivity index (χ3v) is 3.28. The number of nitrogens with two attached hydrogens (primary N) is 1. The highest BCUT2D eigenvalue weighted by Gasteiger charge is 2.10. The second-order valence-electron chi connectivity index (χ2n) is 3.57. The first-order valence-electron chi connectivity index (χ1n) is 4.82. The zero-order valence-electron chi connectivity index (χ0n) is 8.52. The molecular weight excluding hydrogens is 244 g/mol. The summed E-state index contributed by atoms with van der Waals surface area (Å²) in [4.78, 5) is 4.82. The number of aromatic nitrogens is 2. The minimum absolute atomic E-state index is 0.403. The van der Waals surface area contributed by atoms with Crippen LogP contribution in [0.1, 0.15) is 0 Å². The number of nitrogens with zero attached hydrogens (tertiary/aromatic N) is 2. The minimum atomic E-state index is -0.866. The van der Waals surface area contributed by atoms with E-state index in [2.05, 4.69) is 4.98 Å². The van der Waals surface area contributed by atoms with Gasteiger partial charge in [-0.25, -0.2) is 13.8 Å². The molecule has 6 heteroatoms. The highest BCUT2D eigenvalue weighted by molar-refractivity contribution is 7.15. The Morgan fingerprint density at radius 3 is 2.82 bits per heavy atom. The number of hydrogen-bond donors (Lipinski definition) is 1. The Bertz CT molecular complexity index is 702. The SMILES string of the molecule is Nc1cn2c(-c3ccc(F)c(F)c3)csc2n1. The van der Waals surface area contributed by atoms with Gasteiger partial charge in [0.2, 0.25) is 0 Å². The number of fused-ring (bicyclic) bond motifs is 1. The molecule has 2 N–H and O–H groups in total. The second kappa shape index (κ2) is 3.53. The van der Waals surface area contributed by atoms with Crippen LogP contribution in [0.4, 0.5) is 14.6 Å². The van der Waals surface area contributed by atoms with E-state index in [9.17, 15) is 8.78 Å². The Morgan fingerprint density at radius 1 is 1.24 bits per heavy atom. The molecular formula is C11H7F2N3S. The third kappa shape index (κ3) is 1.57. The fourth-order valence-electron chi connectivity index (χ4n) is 1.66. The van der Waals surface area contributed by atoms with Crippen molar-refractivity contribution < 1.29 is 8.78 Å². The van der Waals surface area contributed by atoms with Crippen LogP contribution in [0.2, 0.25) is 0 Å². The maximum absolute atomic E-state index is 13.2. The summed E-state index contributed by atoms with van der Waals surface area (Å²) in [5, 5.41) is 1.83. The lowest BCUT2D eigenvalue weighted by Gasteiger charge is -2.00. The van der Waals surface area contributed by atoms with Crippen LogP contribution in [0.5, 0.6) is 0 Å². The van der Waals surface area contributed by atoms with Gasteiger partial charge in [0.05, 0.1) is 11.9 Å². The second-order valence-corrected chi connectivity index (χ2v) is 4.40. The molecule has 0 bridgehead atoms. The first-order chi connectivity index (χ1) is 8.15. The Labute approximate surface area is 99.1 Å². The molecule has 0 radical (unpaired) electrons. The number of hydrogen-bond acceptors (Lipinski definition) is 3. The van der Waals surface area contributed by atoms with Crippen LogP contribution in [0.3, 0.4) is 0 Å². The number of nitrogen functional groups attached to an aromatic ring is 1. The zero-order valence-corrected chi connectivity index (χ0v) is 9.34. The standard InChI is InChI=1S/C11H7F2N3S/c12-7-2-1-6(3-8(7)13)9-5-17-11-15-10(14)4-16(9)11/h1-5H,14H2. The number of rotatable bonds is 1. The molecule has 2 aromatic heterocycles. The van der Waals surface area contributed by atoms with Gasteiger partial charge in [0.1, 0.15) is 5.82 Å². The summed E-state index contributed by atoms with van der Waals surface area (Å²) in [7, 11) is 0. The molecule has 0 aliphatic rings. The van der Waals surface area contributed by atoms with Crippen molar-refractivity contribution in [3.05, 3.63) is 41.4 Å². The van der Waals surface area contributed by atoms with E-state index in [1.165, 1.54) is 17.4 Å². The summed E-state index contributed by atoms with van der Waals surface area (Å²) < 4.78 is 27.8. The Balaban J connectivity index is 2.22. The van der Waals surface area contributed by atoms with Crippen molar-refractivity contribution in [1.29, 1.82) is 0 Å². The van der Waals surface area contributed by atoms with E-state index in [4.69, 9.17) is 5.73 Å². The van der Waals surface area contributed by atoms with Crippen molar-refractivity contribution in [2.45, 2.75) is 0 Å². The predicted octanol–water partition coefficient (Wildman–Crippen LogP) is 2.92. The highest BCUT2D eigenvalue weighted by Crippen LogP contribution is 2.27. The zero-order chi connectivity index (χ0) is 12.0. The summed E-state index contributed by atoms with van der Waals surface area (Å²) in [5.74, 6) is -1.32. The first kappa shape index (κ1) is 10.2. The van der Waals surface area contributed by atoms with Gasteiger partial charge in [-0.1, -0.05) is 0 Å². The van der Waals surface area contributed by atoms with Gasteiger partial charge in [0.15, 0.2) is 16.6 Å². The summed E-state index contributed by atoms with van der Waals surface area (Å²) in [6.07, 6.45) is 1.66.